The van der Waals surface area contributed by atoms with Crippen LogP contribution in [0.5, 0.6) is 0 Å². The van der Waals surface area contributed by atoms with E-state index in [-0.39, 0.29) is 11.3 Å². The summed E-state index contributed by atoms with van der Waals surface area (Å²) in [6.07, 6.45) is 3.06. The molecule has 0 heterocycles. The van der Waals surface area contributed by atoms with E-state index >= 15 is 0 Å². The number of benzene rings is 2. The van der Waals surface area contributed by atoms with Crippen LogP contribution in [0.2, 0.25) is 0 Å². The van der Waals surface area contributed by atoms with Gasteiger partial charge in [-0.05, 0) is 47.9 Å². The second-order valence-electron chi connectivity index (χ2n) is 7.34. The van der Waals surface area contributed by atoms with Crippen molar-refractivity contribution < 1.29 is 4.79 Å². The molecule has 1 amide bonds. The molecule has 0 fully saturated rings. The van der Waals surface area contributed by atoms with Gasteiger partial charge in [-0.1, -0.05) is 57.2 Å². The number of hydrogen-bond donors (Lipinski definition) is 1. The molecule has 1 aliphatic carbocycles. The Balaban J connectivity index is 1.74. The van der Waals surface area contributed by atoms with Crippen LogP contribution in [0.3, 0.4) is 0 Å². The molecule has 2 aromatic carbocycles. The number of nitrogens with zero attached hydrogens (tertiary/aromatic N) is 1. The van der Waals surface area contributed by atoms with Gasteiger partial charge in [0.15, 0.2) is 0 Å². The summed E-state index contributed by atoms with van der Waals surface area (Å²) in [6.45, 7) is 6.48. The Morgan fingerprint density at radius 3 is 2.42 bits per heavy atom. The molecule has 0 aliphatic heterocycles. The van der Waals surface area contributed by atoms with Crippen molar-refractivity contribution in [3.63, 3.8) is 0 Å². The summed E-state index contributed by atoms with van der Waals surface area (Å²) in [5.74, 6) is -0.161. The van der Waals surface area contributed by atoms with Gasteiger partial charge in [0.2, 0.25) is 0 Å². The summed E-state index contributed by atoms with van der Waals surface area (Å²) in [5, 5.41) is 4.39. The fourth-order valence-corrected chi connectivity index (χ4v) is 3.02. The molecule has 0 saturated carbocycles. The van der Waals surface area contributed by atoms with E-state index in [0.717, 1.165) is 30.5 Å². The molecule has 0 radical (unpaired) electrons. The number of nitrogens with one attached hydrogen (secondary N) is 1. The molecule has 1 N–H and O–H groups in total. The molecule has 3 heteroatoms. The molecule has 3 nitrogen and oxygen atoms in total. The zero-order valence-electron chi connectivity index (χ0n) is 14.6. The van der Waals surface area contributed by atoms with E-state index < -0.39 is 0 Å². The Labute approximate surface area is 143 Å². The van der Waals surface area contributed by atoms with Gasteiger partial charge in [-0.2, -0.15) is 5.10 Å². The van der Waals surface area contributed by atoms with Crippen LogP contribution in [0.4, 0.5) is 0 Å². The lowest BCUT2D eigenvalue weighted by molar-refractivity contribution is 0.0954. The minimum atomic E-state index is -0.161. The molecular weight excluding hydrogens is 296 g/mol. The Kier molecular flexibility index (Phi) is 4.52. The number of hydrazone groups is 1. The Hall–Kier alpha value is -2.42. The molecule has 0 spiro atoms. The quantitative estimate of drug-likeness (QED) is 0.816. The first-order valence-electron chi connectivity index (χ1n) is 8.51. The second-order valence-corrected chi connectivity index (χ2v) is 7.34. The average Bonchev–Trinajstić information content (AvgIpc) is 2.59. The minimum absolute atomic E-state index is 0.0844. The highest BCUT2D eigenvalue weighted by molar-refractivity contribution is 6.04. The monoisotopic (exact) mass is 320 g/mol. The van der Waals surface area contributed by atoms with E-state index in [1.54, 1.807) is 0 Å². The highest BCUT2D eigenvalue weighted by Gasteiger charge is 2.16. The summed E-state index contributed by atoms with van der Waals surface area (Å²) in [7, 11) is 0. The van der Waals surface area contributed by atoms with Crippen LogP contribution in [0, 0.1) is 0 Å². The van der Waals surface area contributed by atoms with Crippen LogP contribution in [-0.2, 0) is 11.8 Å². The third-order valence-corrected chi connectivity index (χ3v) is 4.49. The summed E-state index contributed by atoms with van der Waals surface area (Å²) in [6, 6.07) is 16.0. The highest BCUT2D eigenvalue weighted by Crippen LogP contribution is 2.23. The molecule has 0 unspecified atom stereocenters. The first-order chi connectivity index (χ1) is 11.4. The first kappa shape index (κ1) is 16.4. The number of rotatable bonds is 2. The number of amides is 1. The van der Waals surface area contributed by atoms with Gasteiger partial charge in [-0.25, -0.2) is 5.43 Å². The lowest BCUT2D eigenvalue weighted by atomic mass is 9.87. The molecule has 0 bridgehead atoms. The van der Waals surface area contributed by atoms with Gasteiger partial charge in [0.25, 0.3) is 5.91 Å². The molecule has 1 aliphatic rings. The van der Waals surface area contributed by atoms with Gasteiger partial charge >= 0.3 is 0 Å². The van der Waals surface area contributed by atoms with Gasteiger partial charge in [0, 0.05) is 11.1 Å². The van der Waals surface area contributed by atoms with Crippen LogP contribution in [0.1, 0.15) is 60.7 Å². The third kappa shape index (κ3) is 3.56. The smallest absolute Gasteiger partial charge is 0.267 e. The van der Waals surface area contributed by atoms with Gasteiger partial charge in [0.05, 0.1) is 5.71 Å². The highest BCUT2D eigenvalue weighted by atomic mass is 16.2. The van der Waals surface area contributed by atoms with Crippen molar-refractivity contribution in [3.8, 4) is 0 Å². The van der Waals surface area contributed by atoms with E-state index in [9.17, 15) is 4.79 Å². The normalized spacial score (nSPS) is 15.9. The summed E-state index contributed by atoms with van der Waals surface area (Å²) in [5.41, 5.74) is 8.09. The predicted octanol–water partition coefficient (Wildman–Crippen LogP) is 4.45. The van der Waals surface area contributed by atoms with Crippen LogP contribution in [0.25, 0.3) is 0 Å². The number of fused-ring (bicyclic) bond motifs is 1. The van der Waals surface area contributed by atoms with Crippen molar-refractivity contribution >= 4 is 11.6 Å². The van der Waals surface area contributed by atoms with Crippen LogP contribution in [0.15, 0.2) is 53.6 Å². The number of hydrogen-bond acceptors (Lipinski definition) is 2. The van der Waals surface area contributed by atoms with E-state index in [1.807, 2.05) is 30.3 Å². The van der Waals surface area contributed by atoms with E-state index in [0.29, 0.717) is 5.56 Å². The molecule has 2 aromatic rings. The standard InChI is InChI=1S/C21H24N2O/c1-21(2,3)17-13-11-16(12-14-17)20(24)23-22-19-10-6-8-15-7-4-5-9-18(15)19/h4-5,7,9,11-14H,6,8,10H2,1-3H3,(H,23,24). The average molecular weight is 320 g/mol. The van der Waals surface area contributed by atoms with Crippen molar-refractivity contribution in [1.29, 1.82) is 0 Å². The number of aryl methyl sites for hydroxylation is 1. The third-order valence-electron chi connectivity index (χ3n) is 4.49. The number of carbonyl (C=O) groups excluding carboxylic acids is 1. The molecule has 0 saturated heterocycles. The Morgan fingerprint density at radius 1 is 1.00 bits per heavy atom. The maximum Gasteiger partial charge on any atom is 0.271 e. The van der Waals surface area contributed by atoms with Crippen molar-refractivity contribution in [2.75, 3.05) is 0 Å². The Bertz CT molecular complexity index is 767. The Morgan fingerprint density at radius 2 is 1.71 bits per heavy atom. The van der Waals surface area contributed by atoms with Crippen molar-refractivity contribution in [2.45, 2.75) is 45.4 Å². The summed E-state index contributed by atoms with van der Waals surface area (Å²) in [4.78, 5) is 12.3. The predicted molar refractivity (Wildman–Crippen MR) is 98.5 cm³/mol. The SMILES string of the molecule is CC(C)(C)c1ccc(C(=O)NN=C2CCCc3ccccc32)cc1. The lowest BCUT2D eigenvalue weighted by Gasteiger charge is -2.19. The fourth-order valence-electron chi connectivity index (χ4n) is 3.02. The maximum absolute atomic E-state index is 12.3. The van der Waals surface area contributed by atoms with Gasteiger partial charge in [-0.15, -0.1) is 0 Å². The minimum Gasteiger partial charge on any atom is -0.267 e. The first-order valence-corrected chi connectivity index (χ1v) is 8.51. The fraction of sp³-hybridized carbons (Fsp3) is 0.333. The van der Waals surface area contributed by atoms with Crippen LogP contribution in [-0.4, -0.2) is 11.6 Å². The largest absolute Gasteiger partial charge is 0.271 e. The molecule has 3 rings (SSSR count). The molecule has 0 atom stereocenters. The summed E-state index contributed by atoms with van der Waals surface area (Å²) < 4.78 is 0. The van der Waals surface area contributed by atoms with Gasteiger partial charge in [-0.3, -0.25) is 4.79 Å². The van der Waals surface area contributed by atoms with E-state index in [2.05, 4.69) is 49.5 Å². The van der Waals surface area contributed by atoms with Gasteiger partial charge < -0.3 is 0 Å². The zero-order valence-corrected chi connectivity index (χ0v) is 14.6. The second kappa shape index (κ2) is 6.60. The molecule has 24 heavy (non-hydrogen) atoms. The van der Waals surface area contributed by atoms with E-state index in [4.69, 9.17) is 0 Å². The molecule has 124 valence electrons. The topological polar surface area (TPSA) is 41.5 Å². The zero-order chi connectivity index (χ0) is 17.2. The van der Waals surface area contributed by atoms with Crippen molar-refractivity contribution in [1.82, 2.24) is 5.43 Å². The van der Waals surface area contributed by atoms with Crippen LogP contribution < -0.4 is 5.43 Å². The van der Waals surface area contributed by atoms with Gasteiger partial charge in [0.1, 0.15) is 0 Å². The van der Waals surface area contributed by atoms with Crippen LogP contribution >= 0.6 is 0 Å². The van der Waals surface area contributed by atoms with Crippen molar-refractivity contribution in [2.24, 2.45) is 5.10 Å². The molecular formula is C21H24N2O. The van der Waals surface area contributed by atoms with Crippen molar-refractivity contribution in [3.05, 3.63) is 70.8 Å². The maximum atomic E-state index is 12.3. The lowest BCUT2D eigenvalue weighted by Crippen LogP contribution is -2.22. The number of carbonyl (C=O) groups is 1. The van der Waals surface area contributed by atoms with E-state index in [1.165, 1.54) is 11.1 Å². The molecule has 0 aromatic heterocycles. The summed E-state index contributed by atoms with van der Waals surface area (Å²) >= 11 is 0.